The minimum atomic E-state index is -0.517. The molecule has 38 heavy (non-hydrogen) atoms. The molecule has 4 rings (SSSR count). The van der Waals surface area contributed by atoms with Crippen molar-refractivity contribution in [1.29, 1.82) is 0 Å². The Kier molecular flexibility index (Phi) is 8.52. The molecule has 198 valence electrons. The molecule has 0 aliphatic rings. The number of rotatable bonds is 9. The third-order valence-corrected chi connectivity index (χ3v) is 7.44. The summed E-state index contributed by atoms with van der Waals surface area (Å²) in [6, 6.07) is 17.8. The van der Waals surface area contributed by atoms with Gasteiger partial charge in [-0.25, -0.2) is 4.98 Å². The van der Waals surface area contributed by atoms with Gasteiger partial charge in [-0.2, -0.15) is 0 Å². The van der Waals surface area contributed by atoms with Crippen molar-refractivity contribution in [3.05, 3.63) is 92.4 Å². The normalized spacial score (nSPS) is 11.8. The molecule has 1 unspecified atom stereocenters. The Bertz CT molecular complexity index is 1510. The van der Waals surface area contributed by atoms with Gasteiger partial charge in [-0.15, -0.1) is 0 Å². The van der Waals surface area contributed by atoms with E-state index in [1.807, 2.05) is 56.3 Å². The summed E-state index contributed by atoms with van der Waals surface area (Å²) < 4.78 is 13.2. The summed E-state index contributed by atoms with van der Waals surface area (Å²) in [6.07, 6.45) is 1.73. The van der Waals surface area contributed by atoms with E-state index in [4.69, 9.17) is 14.5 Å². The standard InChI is InChI=1S/C30H32BrN3O4/c1-6-7-16-33(29(35)21-14-12-19(2)13-15-21)20(3)28-32-24-11-9-8-10-23(24)30(36)34(28)25-17-22(37-4)18-26(38-5)27(25)31/h8-15,17-18,20H,6-7,16H2,1-5H3. The zero-order chi connectivity index (χ0) is 27.4. The first-order chi connectivity index (χ1) is 18.3. The summed E-state index contributed by atoms with van der Waals surface area (Å²) >= 11 is 3.63. The van der Waals surface area contributed by atoms with E-state index in [9.17, 15) is 9.59 Å². The number of unbranched alkanes of at least 4 members (excludes halogenated alkanes) is 1. The van der Waals surface area contributed by atoms with E-state index in [1.165, 1.54) is 0 Å². The third kappa shape index (κ3) is 5.31. The van der Waals surface area contributed by atoms with Crippen LogP contribution in [-0.4, -0.2) is 41.1 Å². The molecule has 1 heterocycles. The van der Waals surface area contributed by atoms with E-state index < -0.39 is 6.04 Å². The van der Waals surface area contributed by atoms with Crippen molar-refractivity contribution in [1.82, 2.24) is 14.5 Å². The van der Waals surface area contributed by atoms with Crippen molar-refractivity contribution in [2.75, 3.05) is 20.8 Å². The second-order valence-corrected chi connectivity index (χ2v) is 9.98. The summed E-state index contributed by atoms with van der Waals surface area (Å²) in [6.45, 7) is 6.52. The monoisotopic (exact) mass is 577 g/mol. The van der Waals surface area contributed by atoms with Crippen LogP contribution >= 0.6 is 15.9 Å². The van der Waals surface area contributed by atoms with Crippen LogP contribution in [0.4, 0.5) is 0 Å². The van der Waals surface area contributed by atoms with Gasteiger partial charge in [0.25, 0.3) is 11.5 Å². The molecule has 0 fully saturated rings. The molecule has 0 bridgehead atoms. The van der Waals surface area contributed by atoms with E-state index in [1.54, 1.807) is 41.9 Å². The number of carbonyl (C=O) groups excluding carboxylic acids is 1. The largest absolute Gasteiger partial charge is 0.497 e. The molecule has 1 atom stereocenters. The second-order valence-electron chi connectivity index (χ2n) is 9.18. The quantitative estimate of drug-likeness (QED) is 0.228. The van der Waals surface area contributed by atoms with Gasteiger partial charge in [0, 0.05) is 24.2 Å². The first-order valence-electron chi connectivity index (χ1n) is 12.6. The Morgan fingerprint density at radius 3 is 2.45 bits per heavy atom. The van der Waals surface area contributed by atoms with Gasteiger partial charge in [0.15, 0.2) is 0 Å². The van der Waals surface area contributed by atoms with Crippen LogP contribution in [0.25, 0.3) is 16.6 Å². The fourth-order valence-corrected chi connectivity index (χ4v) is 5.02. The van der Waals surface area contributed by atoms with E-state index >= 15 is 0 Å². The van der Waals surface area contributed by atoms with Crippen LogP contribution in [0.15, 0.2) is 69.9 Å². The highest BCUT2D eigenvalue weighted by Crippen LogP contribution is 2.37. The van der Waals surface area contributed by atoms with Gasteiger partial charge < -0.3 is 14.4 Å². The van der Waals surface area contributed by atoms with Crippen molar-refractivity contribution < 1.29 is 14.3 Å². The summed E-state index contributed by atoms with van der Waals surface area (Å²) in [5, 5.41) is 0.474. The molecule has 0 aliphatic carbocycles. The van der Waals surface area contributed by atoms with Crippen molar-refractivity contribution in [3.63, 3.8) is 0 Å². The maximum Gasteiger partial charge on any atom is 0.266 e. The lowest BCUT2D eigenvalue weighted by Crippen LogP contribution is -2.38. The van der Waals surface area contributed by atoms with Gasteiger partial charge in [0.2, 0.25) is 0 Å². The number of fused-ring (bicyclic) bond motifs is 1. The molecule has 1 aromatic heterocycles. The van der Waals surface area contributed by atoms with Crippen molar-refractivity contribution in [2.45, 2.75) is 39.7 Å². The molecule has 1 amide bonds. The number of aryl methyl sites for hydroxylation is 1. The fraction of sp³-hybridized carbons (Fsp3) is 0.300. The number of carbonyl (C=O) groups is 1. The van der Waals surface area contributed by atoms with Gasteiger partial charge >= 0.3 is 0 Å². The van der Waals surface area contributed by atoms with Crippen LogP contribution < -0.4 is 15.0 Å². The van der Waals surface area contributed by atoms with Crippen molar-refractivity contribution in [3.8, 4) is 17.2 Å². The molecule has 0 spiro atoms. The predicted octanol–water partition coefficient (Wildman–Crippen LogP) is 6.48. The Labute approximate surface area is 231 Å². The lowest BCUT2D eigenvalue weighted by atomic mass is 10.1. The SMILES string of the molecule is CCCCN(C(=O)c1ccc(C)cc1)C(C)c1nc2ccccc2c(=O)n1-c1cc(OC)cc(OC)c1Br. The lowest BCUT2D eigenvalue weighted by Gasteiger charge is -2.31. The Balaban J connectivity index is 1.97. The van der Waals surface area contributed by atoms with Crippen LogP contribution in [0.3, 0.4) is 0 Å². The van der Waals surface area contributed by atoms with Gasteiger partial charge in [0.05, 0.1) is 41.3 Å². The summed E-state index contributed by atoms with van der Waals surface area (Å²) in [5.41, 5.74) is 2.52. The van der Waals surface area contributed by atoms with E-state index in [0.717, 1.165) is 18.4 Å². The lowest BCUT2D eigenvalue weighted by molar-refractivity contribution is 0.0678. The highest BCUT2D eigenvalue weighted by molar-refractivity contribution is 9.10. The molecule has 0 aliphatic heterocycles. The smallest absolute Gasteiger partial charge is 0.266 e. The molecule has 0 radical (unpaired) electrons. The van der Waals surface area contributed by atoms with Crippen LogP contribution in [0.2, 0.25) is 0 Å². The minimum absolute atomic E-state index is 0.109. The number of hydrogen-bond donors (Lipinski definition) is 0. The zero-order valence-electron chi connectivity index (χ0n) is 22.3. The molecule has 0 saturated carbocycles. The summed E-state index contributed by atoms with van der Waals surface area (Å²) in [4.78, 5) is 34.6. The number of ether oxygens (including phenoxy) is 2. The van der Waals surface area contributed by atoms with Crippen molar-refractivity contribution in [2.24, 2.45) is 0 Å². The molecule has 0 N–H and O–H groups in total. The Morgan fingerprint density at radius 1 is 1.08 bits per heavy atom. The number of para-hydroxylation sites is 1. The van der Waals surface area contributed by atoms with Crippen LogP contribution in [0, 0.1) is 6.92 Å². The molecule has 3 aromatic carbocycles. The molecular weight excluding hydrogens is 546 g/mol. The molecule has 4 aromatic rings. The molecule has 8 heteroatoms. The number of benzene rings is 3. The highest BCUT2D eigenvalue weighted by Gasteiger charge is 2.28. The van der Waals surface area contributed by atoms with E-state index in [2.05, 4.69) is 22.9 Å². The van der Waals surface area contributed by atoms with Crippen LogP contribution in [-0.2, 0) is 0 Å². The average molecular weight is 579 g/mol. The molecule has 0 saturated heterocycles. The predicted molar refractivity (Wildman–Crippen MR) is 154 cm³/mol. The fourth-order valence-electron chi connectivity index (χ4n) is 4.45. The topological polar surface area (TPSA) is 73.7 Å². The third-order valence-electron chi connectivity index (χ3n) is 6.64. The zero-order valence-corrected chi connectivity index (χ0v) is 23.9. The molecule has 7 nitrogen and oxygen atoms in total. The Morgan fingerprint density at radius 2 is 1.79 bits per heavy atom. The number of hydrogen-bond acceptors (Lipinski definition) is 5. The first-order valence-corrected chi connectivity index (χ1v) is 13.4. The van der Waals surface area contributed by atoms with E-state index in [-0.39, 0.29) is 11.5 Å². The van der Waals surface area contributed by atoms with E-state index in [0.29, 0.717) is 50.5 Å². The number of aromatic nitrogens is 2. The maximum absolute atomic E-state index is 14.0. The maximum atomic E-state index is 14.0. The van der Waals surface area contributed by atoms with Gasteiger partial charge in [-0.1, -0.05) is 43.2 Å². The van der Waals surface area contributed by atoms with Crippen LogP contribution in [0.5, 0.6) is 11.5 Å². The number of amides is 1. The number of nitrogens with zero attached hydrogens (tertiary/aromatic N) is 3. The Hall–Kier alpha value is -3.65. The van der Waals surface area contributed by atoms with Crippen molar-refractivity contribution >= 4 is 32.7 Å². The summed E-state index contributed by atoms with van der Waals surface area (Å²) in [5.74, 6) is 1.37. The first kappa shape index (κ1) is 27.4. The highest BCUT2D eigenvalue weighted by atomic mass is 79.9. The number of halogens is 1. The second kappa shape index (κ2) is 11.8. The molecular formula is C30H32BrN3O4. The number of methoxy groups -OCH3 is 2. The average Bonchev–Trinajstić information content (AvgIpc) is 2.93. The van der Waals surface area contributed by atoms with Gasteiger partial charge in [0.1, 0.15) is 17.3 Å². The van der Waals surface area contributed by atoms with Crippen LogP contribution in [0.1, 0.15) is 54.5 Å². The van der Waals surface area contributed by atoms with Gasteiger partial charge in [-0.05, 0) is 60.5 Å². The van der Waals surface area contributed by atoms with Gasteiger partial charge in [-0.3, -0.25) is 14.2 Å². The minimum Gasteiger partial charge on any atom is -0.497 e. The summed E-state index contributed by atoms with van der Waals surface area (Å²) in [7, 11) is 3.12.